The van der Waals surface area contributed by atoms with Crippen molar-refractivity contribution in [2.24, 2.45) is 0 Å². The maximum absolute atomic E-state index is 11.9. The van der Waals surface area contributed by atoms with Crippen molar-refractivity contribution in [1.82, 2.24) is 10.2 Å². The van der Waals surface area contributed by atoms with Gasteiger partial charge in [0.25, 0.3) is 0 Å². The molecule has 0 aliphatic carbocycles. The lowest BCUT2D eigenvalue weighted by Crippen LogP contribution is -2.42. The molecule has 2 rings (SSSR count). The molecule has 1 amide bonds. The van der Waals surface area contributed by atoms with E-state index in [9.17, 15) is 13.2 Å². The summed E-state index contributed by atoms with van der Waals surface area (Å²) in [5, 5.41) is 2.86. The van der Waals surface area contributed by atoms with Gasteiger partial charge in [0.1, 0.15) is 0 Å². The van der Waals surface area contributed by atoms with Crippen LogP contribution in [0, 0.1) is 0 Å². The van der Waals surface area contributed by atoms with Gasteiger partial charge in [-0.1, -0.05) is 13.3 Å². The van der Waals surface area contributed by atoms with E-state index in [4.69, 9.17) is 0 Å². The van der Waals surface area contributed by atoms with Crippen LogP contribution in [-0.4, -0.2) is 55.9 Å². The summed E-state index contributed by atoms with van der Waals surface area (Å²) >= 11 is 0. The Hall–Kier alpha value is -0.620. The Morgan fingerprint density at radius 3 is 2.75 bits per heavy atom. The number of rotatable bonds is 5. The smallest absolute Gasteiger partial charge is 0.221 e. The highest BCUT2D eigenvalue weighted by Gasteiger charge is 2.29. The first-order chi connectivity index (χ1) is 9.50. The summed E-state index contributed by atoms with van der Waals surface area (Å²) in [5.41, 5.74) is 0. The van der Waals surface area contributed by atoms with Crippen LogP contribution in [0.25, 0.3) is 0 Å². The molecule has 2 heterocycles. The molecule has 0 bridgehead atoms. The number of nitrogens with one attached hydrogen (secondary N) is 1. The maximum Gasteiger partial charge on any atom is 0.221 e. The highest BCUT2D eigenvalue weighted by molar-refractivity contribution is 7.91. The number of piperidine rings is 1. The Labute approximate surface area is 122 Å². The molecule has 2 atom stereocenters. The molecule has 2 aliphatic rings. The van der Waals surface area contributed by atoms with Gasteiger partial charge in [-0.2, -0.15) is 0 Å². The highest BCUT2D eigenvalue weighted by Crippen LogP contribution is 2.19. The first kappa shape index (κ1) is 15.8. The molecule has 0 saturated carbocycles. The standard InChI is InChI=1S/C14H26N2O3S/c1-2-13-5-3-4-8-16(13)9-6-14(17)15-12-7-10-20(18,19)11-12/h12-13H,2-11H2,1H3,(H,15,17). The minimum absolute atomic E-state index is 0.00692. The van der Waals surface area contributed by atoms with Crippen molar-refractivity contribution >= 4 is 15.7 Å². The van der Waals surface area contributed by atoms with Crippen molar-refractivity contribution < 1.29 is 13.2 Å². The summed E-state index contributed by atoms with van der Waals surface area (Å²) in [6, 6.07) is 0.444. The molecule has 0 aromatic carbocycles. The van der Waals surface area contributed by atoms with E-state index in [1.165, 1.54) is 19.3 Å². The van der Waals surface area contributed by atoms with Gasteiger partial charge in [-0.3, -0.25) is 9.69 Å². The van der Waals surface area contributed by atoms with E-state index in [2.05, 4.69) is 17.1 Å². The lowest BCUT2D eigenvalue weighted by atomic mass is 10.00. The van der Waals surface area contributed by atoms with Crippen LogP contribution >= 0.6 is 0 Å². The molecular formula is C14H26N2O3S. The molecule has 2 aliphatic heterocycles. The van der Waals surface area contributed by atoms with E-state index in [-0.39, 0.29) is 23.5 Å². The molecule has 2 saturated heterocycles. The molecule has 20 heavy (non-hydrogen) atoms. The number of likely N-dealkylation sites (tertiary alicyclic amines) is 1. The second kappa shape index (κ2) is 6.89. The lowest BCUT2D eigenvalue weighted by molar-refractivity contribution is -0.122. The summed E-state index contributed by atoms with van der Waals surface area (Å²) in [5.74, 6) is 0.315. The van der Waals surface area contributed by atoms with Crippen LogP contribution in [0.2, 0.25) is 0 Å². The molecule has 2 fully saturated rings. The normalized spacial score (nSPS) is 30.2. The molecule has 5 nitrogen and oxygen atoms in total. The Morgan fingerprint density at radius 1 is 1.30 bits per heavy atom. The second-order valence-electron chi connectivity index (χ2n) is 6.01. The van der Waals surface area contributed by atoms with E-state index >= 15 is 0 Å². The molecule has 0 aromatic rings. The molecule has 0 spiro atoms. The lowest BCUT2D eigenvalue weighted by Gasteiger charge is -2.35. The molecule has 0 radical (unpaired) electrons. The van der Waals surface area contributed by atoms with Gasteiger partial charge in [-0.25, -0.2) is 8.42 Å². The third-order valence-electron chi connectivity index (χ3n) is 4.44. The van der Waals surface area contributed by atoms with Gasteiger partial charge < -0.3 is 5.32 Å². The average molecular weight is 302 g/mol. The topological polar surface area (TPSA) is 66.5 Å². The van der Waals surface area contributed by atoms with E-state index in [1.54, 1.807) is 0 Å². The fourth-order valence-corrected chi connectivity index (χ4v) is 4.94. The molecule has 0 aromatic heterocycles. The SMILES string of the molecule is CCC1CCCCN1CCC(=O)NC1CCS(=O)(=O)C1. The van der Waals surface area contributed by atoms with Gasteiger partial charge in [-0.15, -0.1) is 0 Å². The van der Waals surface area contributed by atoms with Crippen molar-refractivity contribution in [3.05, 3.63) is 0 Å². The van der Waals surface area contributed by atoms with Gasteiger partial charge in [0.15, 0.2) is 9.84 Å². The molecular weight excluding hydrogens is 276 g/mol. The fraction of sp³-hybridized carbons (Fsp3) is 0.929. The monoisotopic (exact) mass is 302 g/mol. The summed E-state index contributed by atoms with van der Waals surface area (Å²) < 4.78 is 22.7. The average Bonchev–Trinajstić information content (AvgIpc) is 2.76. The fourth-order valence-electron chi connectivity index (χ4n) is 3.27. The highest BCUT2D eigenvalue weighted by atomic mass is 32.2. The number of nitrogens with zero attached hydrogens (tertiary/aromatic N) is 1. The third-order valence-corrected chi connectivity index (χ3v) is 6.21. The Morgan fingerprint density at radius 2 is 2.10 bits per heavy atom. The van der Waals surface area contributed by atoms with E-state index in [0.717, 1.165) is 19.5 Å². The Kier molecular flexibility index (Phi) is 5.43. The number of hydrogen-bond donors (Lipinski definition) is 1. The summed E-state index contributed by atoms with van der Waals surface area (Å²) in [4.78, 5) is 14.3. The Balaban J connectivity index is 1.72. The van der Waals surface area contributed by atoms with Crippen molar-refractivity contribution in [3.63, 3.8) is 0 Å². The third kappa shape index (κ3) is 4.45. The van der Waals surface area contributed by atoms with Crippen LogP contribution in [0.4, 0.5) is 0 Å². The van der Waals surface area contributed by atoms with Crippen LogP contribution in [0.3, 0.4) is 0 Å². The van der Waals surface area contributed by atoms with Gasteiger partial charge in [0, 0.05) is 25.0 Å². The Bertz CT molecular complexity index is 436. The van der Waals surface area contributed by atoms with Crippen LogP contribution in [0.1, 0.15) is 45.4 Å². The van der Waals surface area contributed by atoms with Gasteiger partial charge in [-0.05, 0) is 32.2 Å². The maximum atomic E-state index is 11.9. The van der Waals surface area contributed by atoms with E-state index < -0.39 is 9.84 Å². The first-order valence-corrected chi connectivity index (χ1v) is 9.56. The van der Waals surface area contributed by atoms with Crippen molar-refractivity contribution in [1.29, 1.82) is 0 Å². The van der Waals surface area contributed by atoms with Crippen LogP contribution in [-0.2, 0) is 14.6 Å². The van der Waals surface area contributed by atoms with Gasteiger partial charge in [0.05, 0.1) is 11.5 Å². The first-order valence-electron chi connectivity index (χ1n) is 7.74. The van der Waals surface area contributed by atoms with Crippen LogP contribution in [0.15, 0.2) is 0 Å². The predicted molar refractivity (Wildman–Crippen MR) is 79.3 cm³/mol. The minimum Gasteiger partial charge on any atom is -0.352 e. The zero-order valence-electron chi connectivity index (χ0n) is 12.3. The quantitative estimate of drug-likeness (QED) is 0.821. The summed E-state index contributed by atoms with van der Waals surface area (Å²) in [6.45, 7) is 4.08. The molecule has 6 heteroatoms. The van der Waals surface area contributed by atoms with E-state index in [1.807, 2.05) is 0 Å². The van der Waals surface area contributed by atoms with Crippen molar-refractivity contribution in [2.75, 3.05) is 24.6 Å². The van der Waals surface area contributed by atoms with E-state index in [0.29, 0.717) is 18.9 Å². The number of amides is 1. The van der Waals surface area contributed by atoms with Gasteiger partial charge in [0.2, 0.25) is 5.91 Å². The number of hydrogen-bond acceptors (Lipinski definition) is 4. The number of sulfone groups is 1. The zero-order chi connectivity index (χ0) is 14.6. The number of carbonyl (C=O) groups excluding carboxylic acids is 1. The van der Waals surface area contributed by atoms with Crippen LogP contribution in [0.5, 0.6) is 0 Å². The van der Waals surface area contributed by atoms with Gasteiger partial charge >= 0.3 is 0 Å². The van der Waals surface area contributed by atoms with Crippen molar-refractivity contribution in [3.8, 4) is 0 Å². The predicted octanol–water partition coefficient (Wildman–Crippen LogP) is 0.944. The molecule has 1 N–H and O–H groups in total. The van der Waals surface area contributed by atoms with Crippen LogP contribution < -0.4 is 5.32 Å². The minimum atomic E-state index is -2.91. The number of carbonyl (C=O) groups is 1. The zero-order valence-corrected chi connectivity index (χ0v) is 13.1. The summed E-state index contributed by atoms with van der Waals surface area (Å²) in [7, 11) is -2.91. The van der Waals surface area contributed by atoms with Crippen molar-refractivity contribution in [2.45, 2.75) is 57.5 Å². The summed E-state index contributed by atoms with van der Waals surface area (Å²) in [6.07, 6.45) is 5.93. The molecule has 116 valence electrons. The largest absolute Gasteiger partial charge is 0.352 e. The second-order valence-corrected chi connectivity index (χ2v) is 8.24. The molecule has 2 unspecified atom stereocenters.